The van der Waals surface area contributed by atoms with E-state index in [-0.39, 0.29) is 5.82 Å². The van der Waals surface area contributed by atoms with Crippen LogP contribution in [0.25, 0.3) is 11.4 Å². The van der Waals surface area contributed by atoms with Crippen LogP contribution in [0, 0.1) is 5.82 Å². The third-order valence-corrected chi connectivity index (χ3v) is 3.81. The van der Waals surface area contributed by atoms with Crippen LogP contribution in [-0.2, 0) is 12.8 Å². The van der Waals surface area contributed by atoms with Crippen molar-refractivity contribution in [2.45, 2.75) is 32.6 Å². The van der Waals surface area contributed by atoms with Crippen LogP contribution in [0.1, 0.15) is 31.0 Å². The molecule has 0 atom stereocenters. The second-order valence-corrected chi connectivity index (χ2v) is 5.70. The van der Waals surface area contributed by atoms with Gasteiger partial charge in [-0.1, -0.05) is 18.5 Å². The predicted octanol–water partition coefficient (Wildman–Crippen LogP) is 4.25. The highest BCUT2D eigenvalue weighted by atomic mass is 35.5. The zero-order chi connectivity index (χ0) is 14.8. The molecular formula is C16H17ClFN3. The maximum atomic E-state index is 13.5. The smallest absolute Gasteiger partial charge is 0.161 e. The van der Waals surface area contributed by atoms with Crippen molar-refractivity contribution in [2.24, 2.45) is 0 Å². The molecule has 0 bridgehead atoms. The molecule has 110 valence electrons. The monoisotopic (exact) mass is 305 g/mol. The van der Waals surface area contributed by atoms with Crippen molar-refractivity contribution < 1.29 is 4.39 Å². The fraction of sp³-hybridized carbons (Fsp3) is 0.375. The number of fused-ring (bicyclic) bond motifs is 1. The van der Waals surface area contributed by atoms with E-state index in [1.54, 1.807) is 6.07 Å². The largest absolute Gasteiger partial charge is 0.370 e. The van der Waals surface area contributed by atoms with Crippen molar-refractivity contribution in [1.82, 2.24) is 9.97 Å². The van der Waals surface area contributed by atoms with E-state index in [9.17, 15) is 4.39 Å². The molecule has 21 heavy (non-hydrogen) atoms. The maximum Gasteiger partial charge on any atom is 0.161 e. The van der Waals surface area contributed by atoms with Gasteiger partial charge in [-0.3, -0.25) is 0 Å². The molecule has 1 aliphatic carbocycles. The Kier molecular flexibility index (Phi) is 4.06. The van der Waals surface area contributed by atoms with E-state index in [2.05, 4.69) is 22.2 Å². The Labute approximate surface area is 128 Å². The molecule has 5 heteroatoms. The van der Waals surface area contributed by atoms with Crippen molar-refractivity contribution in [3.63, 3.8) is 0 Å². The summed E-state index contributed by atoms with van der Waals surface area (Å²) in [7, 11) is 0. The molecule has 0 fully saturated rings. The lowest BCUT2D eigenvalue weighted by Crippen LogP contribution is -2.08. The lowest BCUT2D eigenvalue weighted by Gasteiger charge is -2.12. The number of anilines is 1. The molecule has 0 aliphatic heterocycles. The minimum atomic E-state index is -0.371. The van der Waals surface area contributed by atoms with Crippen molar-refractivity contribution in [3.05, 3.63) is 40.3 Å². The first kappa shape index (κ1) is 14.3. The SMILES string of the molecule is CCCNc1nc(-c2cc(F)cc(Cl)c2)nc2c1CCC2. The minimum Gasteiger partial charge on any atom is -0.370 e. The molecule has 0 unspecified atom stereocenters. The van der Waals surface area contributed by atoms with Crippen LogP contribution in [0.5, 0.6) is 0 Å². The van der Waals surface area contributed by atoms with Gasteiger partial charge in [0.1, 0.15) is 11.6 Å². The molecule has 0 radical (unpaired) electrons. The van der Waals surface area contributed by atoms with Gasteiger partial charge in [0.25, 0.3) is 0 Å². The summed E-state index contributed by atoms with van der Waals surface area (Å²) in [6, 6.07) is 4.41. The van der Waals surface area contributed by atoms with Crippen molar-refractivity contribution >= 4 is 17.4 Å². The van der Waals surface area contributed by atoms with Gasteiger partial charge in [0.2, 0.25) is 0 Å². The van der Waals surface area contributed by atoms with Gasteiger partial charge in [0.05, 0.1) is 0 Å². The number of rotatable bonds is 4. The molecule has 0 saturated heterocycles. The molecule has 1 aliphatic rings. The second kappa shape index (κ2) is 5.98. The molecule has 3 rings (SSSR count). The molecule has 1 aromatic heterocycles. The lowest BCUT2D eigenvalue weighted by molar-refractivity contribution is 0.628. The van der Waals surface area contributed by atoms with Crippen LogP contribution >= 0.6 is 11.6 Å². The first-order chi connectivity index (χ1) is 10.2. The Morgan fingerprint density at radius 2 is 2.10 bits per heavy atom. The highest BCUT2D eigenvalue weighted by Gasteiger charge is 2.20. The summed E-state index contributed by atoms with van der Waals surface area (Å²) in [4.78, 5) is 9.18. The average Bonchev–Trinajstić information content (AvgIpc) is 2.92. The van der Waals surface area contributed by atoms with Crippen molar-refractivity contribution in [2.75, 3.05) is 11.9 Å². The van der Waals surface area contributed by atoms with Gasteiger partial charge in [-0.25, -0.2) is 14.4 Å². The highest BCUT2D eigenvalue weighted by molar-refractivity contribution is 6.30. The van der Waals surface area contributed by atoms with Crippen molar-refractivity contribution in [1.29, 1.82) is 0 Å². The molecule has 1 aromatic carbocycles. The molecule has 0 spiro atoms. The third-order valence-electron chi connectivity index (χ3n) is 3.60. The fourth-order valence-corrected chi connectivity index (χ4v) is 2.86. The summed E-state index contributed by atoms with van der Waals surface area (Å²) >= 11 is 5.93. The summed E-state index contributed by atoms with van der Waals surface area (Å²) in [6.07, 6.45) is 4.08. The highest BCUT2D eigenvalue weighted by Crippen LogP contribution is 2.30. The maximum absolute atomic E-state index is 13.5. The number of nitrogens with zero attached hydrogens (tertiary/aromatic N) is 2. The van der Waals surface area contributed by atoms with Crippen LogP contribution in [0.3, 0.4) is 0 Å². The van der Waals surface area contributed by atoms with Gasteiger partial charge >= 0.3 is 0 Å². The summed E-state index contributed by atoms with van der Waals surface area (Å²) in [6.45, 7) is 2.98. The summed E-state index contributed by atoms with van der Waals surface area (Å²) < 4.78 is 13.5. The number of aromatic nitrogens is 2. The van der Waals surface area contributed by atoms with Gasteiger partial charge in [-0.15, -0.1) is 0 Å². The fourth-order valence-electron chi connectivity index (χ4n) is 2.63. The summed E-state index contributed by atoms with van der Waals surface area (Å²) in [5, 5.41) is 3.71. The standard InChI is InChI=1S/C16H17ClFN3/c1-2-6-19-16-13-4-3-5-14(13)20-15(21-16)10-7-11(17)9-12(18)8-10/h7-9H,2-6H2,1H3,(H,19,20,21). The van der Waals surface area contributed by atoms with E-state index in [1.165, 1.54) is 17.7 Å². The molecule has 0 amide bonds. The zero-order valence-electron chi connectivity index (χ0n) is 11.9. The van der Waals surface area contributed by atoms with E-state index >= 15 is 0 Å². The van der Waals surface area contributed by atoms with Gasteiger partial charge in [-0.05, 0) is 43.9 Å². The van der Waals surface area contributed by atoms with E-state index in [0.717, 1.165) is 43.7 Å². The van der Waals surface area contributed by atoms with Crippen LogP contribution in [-0.4, -0.2) is 16.5 Å². The van der Waals surface area contributed by atoms with E-state index in [0.29, 0.717) is 16.4 Å². The quantitative estimate of drug-likeness (QED) is 0.917. The minimum absolute atomic E-state index is 0.358. The number of benzene rings is 1. The van der Waals surface area contributed by atoms with E-state index in [1.807, 2.05) is 0 Å². The number of hydrogen-bond acceptors (Lipinski definition) is 3. The van der Waals surface area contributed by atoms with Gasteiger partial charge in [-0.2, -0.15) is 0 Å². The van der Waals surface area contributed by atoms with E-state index < -0.39 is 0 Å². The normalized spacial score (nSPS) is 13.3. The summed E-state index contributed by atoms with van der Waals surface area (Å²) in [5.41, 5.74) is 2.89. The number of aryl methyl sites for hydroxylation is 1. The predicted molar refractivity (Wildman–Crippen MR) is 83.2 cm³/mol. The van der Waals surface area contributed by atoms with Crippen LogP contribution in [0.2, 0.25) is 5.02 Å². The molecule has 0 saturated carbocycles. The van der Waals surface area contributed by atoms with E-state index in [4.69, 9.17) is 11.6 Å². The molecule has 3 nitrogen and oxygen atoms in total. The Hall–Kier alpha value is -1.68. The first-order valence-electron chi connectivity index (χ1n) is 7.27. The molecular weight excluding hydrogens is 289 g/mol. The Morgan fingerprint density at radius 3 is 2.86 bits per heavy atom. The van der Waals surface area contributed by atoms with Crippen molar-refractivity contribution in [3.8, 4) is 11.4 Å². The third kappa shape index (κ3) is 3.00. The number of nitrogens with one attached hydrogen (secondary N) is 1. The Balaban J connectivity index is 2.06. The summed E-state index contributed by atoms with van der Waals surface area (Å²) in [5.74, 6) is 1.05. The number of halogens is 2. The average molecular weight is 306 g/mol. The van der Waals surface area contributed by atoms with Crippen LogP contribution in [0.4, 0.5) is 10.2 Å². The topological polar surface area (TPSA) is 37.8 Å². The molecule has 1 N–H and O–H groups in total. The Bertz CT molecular complexity index is 653. The number of hydrogen-bond donors (Lipinski definition) is 1. The van der Waals surface area contributed by atoms with Gasteiger partial charge in [0, 0.05) is 28.4 Å². The first-order valence-corrected chi connectivity index (χ1v) is 7.65. The second-order valence-electron chi connectivity index (χ2n) is 5.26. The van der Waals surface area contributed by atoms with Crippen LogP contribution in [0.15, 0.2) is 18.2 Å². The molecule has 1 heterocycles. The lowest BCUT2D eigenvalue weighted by atomic mass is 10.1. The zero-order valence-corrected chi connectivity index (χ0v) is 12.7. The van der Waals surface area contributed by atoms with Crippen LogP contribution < -0.4 is 5.32 Å². The van der Waals surface area contributed by atoms with Gasteiger partial charge in [0.15, 0.2) is 5.82 Å². The Morgan fingerprint density at radius 1 is 1.24 bits per heavy atom. The van der Waals surface area contributed by atoms with Gasteiger partial charge < -0.3 is 5.32 Å². The molecule has 2 aromatic rings.